The number of aromatic amines is 1. The number of amides is 1. The summed E-state index contributed by atoms with van der Waals surface area (Å²) in [7, 11) is 0. The Kier molecular flexibility index (Phi) is 7.56. The maximum absolute atomic E-state index is 12.7. The van der Waals surface area contributed by atoms with E-state index in [1.807, 2.05) is 48.5 Å². The fraction of sp³-hybridized carbons (Fsp3) is 0.516. The Labute approximate surface area is 225 Å². The van der Waals surface area contributed by atoms with Gasteiger partial charge in [-0.15, -0.1) is 0 Å². The summed E-state index contributed by atoms with van der Waals surface area (Å²) in [5.74, 6) is 2.72. The Morgan fingerprint density at radius 1 is 0.974 bits per heavy atom. The summed E-state index contributed by atoms with van der Waals surface area (Å²) in [6, 6.07) is 16.5. The van der Waals surface area contributed by atoms with Gasteiger partial charge >= 0.3 is 6.09 Å². The highest BCUT2D eigenvalue weighted by Gasteiger charge is 2.34. The van der Waals surface area contributed by atoms with Crippen molar-refractivity contribution in [2.45, 2.75) is 64.0 Å². The van der Waals surface area contributed by atoms with E-state index >= 15 is 0 Å². The van der Waals surface area contributed by atoms with Crippen molar-refractivity contribution in [1.29, 1.82) is 0 Å². The standard InChI is InChI=1S/C31H40N4O3/c1-22-10-12-25(13-11-22)37-29-9-4-7-27-26(29)20-30(33-27)38-31(36)32-24-14-18-34(19-15-24)21-23-6-5-17-35-16-3-2-8-28(23)35/h4,7,9-13,20,23-24,28,33H,2-3,5-6,8,14-19,21H2,1H3,(H,32,36)/t23-,28+/m0/s1. The van der Waals surface area contributed by atoms with E-state index in [4.69, 9.17) is 9.47 Å². The summed E-state index contributed by atoms with van der Waals surface area (Å²) in [5.41, 5.74) is 2.05. The molecule has 3 saturated heterocycles. The molecular weight excluding hydrogens is 476 g/mol. The molecule has 202 valence electrons. The lowest BCUT2D eigenvalue weighted by atomic mass is 9.83. The Hall–Kier alpha value is -3.03. The zero-order valence-corrected chi connectivity index (χ0v) is 22.5. The zero-order valence-electron chi connectivity index (χ0n) is 22.5. The van der Waals surface area contributed by atoms with E-state index < -0.39 is 6.09 Å². The molecule has 0 unspecified atom stereocenters. The van der Waals surface area contributed by atoms with Crippen LogP contribution in [0.25, 0.3) is 10.9 Å². The van der Waals surface area contributed by atoms with Gasteiger partial charge in [0, 0.05) is 43.2 Å². The van der Waals surface area contributed by atoms with Gasteiger partial charge in [-0.2, -0.15) is 0 Å². The maximum Gasteiger partial charge on any atom is 0.414 e. The molecule has 1 amide bonds. The van der Waals surface area contributed by atoms with E-state index in [2.05, 4.69) is 27.0 Å². The molecule has 3 fully saturated rings. The van der Waals surface area contributed by atoms with Gasteiger partial charge in [-0.1, -0.05) is 30.2 Å². The fourth-order valence-electron chi connectivity index (χ4n) is 6.66. The number of aryl methyl sites for hydroxylation is 1. The molecule has 0 spiro atoms. The molecule has 7 heteroatoms. The second-order valence-corrected chi connectivity index (χ2v) is 11.4. The monoisotopic (exact) mass is 516 g/mol. The summed E-state index contributed by atoms with van der Waals surface area (Å²) in [6.07, 6.45) is 8.39. The molecule has 2 aromatic carbocycles. The summed E-state index contributed by atoms with van der Waals surface area (Å²) in [4.78, 5) is 21.3. The molecule has 38 heavy (non-hydrogen) atoms. The minimum absolute atomic E-state index is 0.154. The van der Waals surface area contributed by atoms with Crippen molar-refractivity contribution in [1.82, 2.24) is 20.1 Å². The molecule has 2 atom stereocenters. The number of H-pyrrole nitrogens is 1. The minimum Gasteiger partial charge on any atom is -0.457 e. The molecule has 3 aliphatic heterocycles. The molecular formula is C31H40N4O3. The lowest BCUT2D eigenvalue weighted by Gasteiger charge is -2.46. The number of likely N-dealkylation sites (tertiary alicyclic amines) is 1. The van der Waals surface area contributed by atoms with Crippen LogP contribution in [0.5, 0.6) is 17.4 Å². The van der Waals surface area contributed by atoms with Gasteiger partial charge in [-0.3, -0.25) is 0 Å². The van der Waals surface area contributed by atoms with Crippen LogP contribution in [-0.2, 0) is 0 Å². The molecule has 0 bridgehead atoms. The van der Waals surface area contributed by atoms with Gasteiger partial charge in [0.25, 0.3) is 0 Å². The van der Waals surface area contributed by atoms with Gasteiger partial charge in [0.1, 0.15) is 11.5 Å². The van der Waals surface area contributed by atoms with Crippen molar-refractivity contribution in [3.05, 3.63) is 54.1 Å². The molecule has 4 heterocycles. The highest BCUT2D eigenvalue weighted by atomic mass is 16.6. The normalized spacial score (nSPS) is 23.2. The first-order valence-corrected chi connectivity index (χ1v) is 14.4. The van der Waals surface area contributed by atoms with Gasteiger partial charge in [0.15, 0.2) is 0 Å². The summed E-state index contributed by atoms with van der Waals surface area (Å²) in [6.45, 7) is 7.94. The molecule has 3 aromatic rings. The number of hydrogen-bond acceptors (Lipinski definition) is 5. The predicted molar refractivity (Wildman–Crippen MR) is 150 cm³/mol. The number of rotatable bonds is 6. The first-order chi connectivity index (χ1) is 18.6. The van der Waals surface area contributed by atoms with Crippen molar-refractivity contribution >= 4 is 17.0 Å². The van der Waals surface area contributed by atoms with Crippen LogP contribution in [0.1, 0.15) is 50.5 Å². The number of ether oxygens (including phenoxy) is 2. The van der Waals surface area contributed by atoms with Crippen LogP contribution >= 0.6 is 0 Å². The highest BCUT2D eigenvalue weighted by Crippen LogP contribution is 2.33. The first kappa shape index (κ1) is 25.3. The number of piperidine rings is 3. The number of carbonyl (C=O) groups is 1. The molecule has 6 rings (SSSR count). The first-order valence-electron chi connectivity index (χ1n) is 14.4. The van der Waals surface area contributed by atoms with Crippen LogP contribution < -0.4 is 14.8 Å². The van der Waals surface area contributed by atoms with Crippen molar-refractivity contribution in [3.8, 4) is 17.4 Å². The van der Waals surface area contributed by atoms with E-state index in [1.54, 1.807) is 0 Å². The van der Waals surface area contributed by atoms with Gasteiger partial charge in [-0.05, 0) is 88.7 Å². The quantitative estimate of drug-likeness (QED) is 0.415. The predicted octanol–water partition coefficient (Wildman–Crippen LogP) is 6.09. The van der Waals surface area contributed by atoms with Crippen molar-refractivity contribution in [3.63, 3.8) is 0 Å². The summed E-state index contributed by atoms with van der Waals surface area (Å²) >= 11 is 0. The number of hydrogen-bond donors (Lipinski definition) is 2. The molecule has 1 aromatic heterocycles. The van der Waals surface area contributed by atoms with E-state index in [-0.39, 0.29) is 6.04 Å². The van der Waals surface area contributed by atoms with Gasteiger partial charge in [0.2, 0.25) is 5.88 Å². The van der Waals surface area contributed by atoms with Crippen molar-refractivity contribution in [2.24, 2.45) is 5.92 Å². The number of benzene rings is 2. The van der Waals surface area contributed by atoms with Crippen LogP contribution in [0.2, 0.25) is 0 Å². The average molecular weight is 517 g/mol. The van der Waals surface area contributed by atoms with Gasteiger partial charge in [0.05, 0.1) is 5.52 Å². The van der Waals surface area contributed by atoms with Crippen LogP contribution in [0.15, 0.2) is 48.5 Å². The number of aromatic nitrogens is 1. The Morgan fingerprint density at radius 2 is 1.79 bits per heavy atom. The van der Waals surface area contributed by atoms with Crippen LogP contribution in [0, 0.1) is 12.8 Å². The average Bonchev–Trinajstić information content (AvgIpc) is 3.34. The third-order valence-electron chi connectivity index (χ3n) is 8.68. The lowest BCUT2D eigenvalue weighted by Crippen LogP contribution is -2.52. The molecule has 7 nitrogen and oxygen atoms in total. The number of nitrogens with zero attached hydrogens (tertiary/aromatic N) is 2. The third-order valence-corrected chi connectivity index (χ3v) is 8.68. The Balaban J connectivity index is 1.000. The fourth-order valence-corrected chi connectivity index (χ4v) is 6.66. The smallest absolute Gasteiger partial charge is 0.414 e. The van der Waals surface area contributed by atoms with E-state index in [0.717, 1.165) is 60.3 Å². The van der Waals surface area contributed by atoms with Crippen LogP contribution in [0.4, 0.5) is 4.79 Å². The molecule has 3 aliphatic rings. The van der Waals surface area contributed by atoms with E-state index in [1.165, 1.54) is 57.3 Å². The highest BCUT2D eigenvalue weighted by molar-refractivity contribution is 5.88. The maximum atomic E-state index is 12.7. The Morgan fingerprint density at radius 3 is 2.63 bits per heavy atom. The van der Waals surface area contributed by atoms with Crippen molar-refractivity contribution < 1.29 is 14.3 Å². The third kappa shape index (κ3) is 5.84. The number of nitrogens with one attached hydrogen (secondary N) is 2. The second-order valence-electron chi connectivity index (χ2n) is 11.4. The van der Waals surface area contributed by atoms with Crippen LogP contribution in [-0.4, -0.2) is 65.7 Å². The minimum atomic E-state index is -0.402. The second kappa shape index (κ2) is 11.4. The Bertz CT molecular complexity index is 1230. The van der Waals surface area contributed by atoms with E-state index in [9.17, 15) is 4.79 Å². The SMILES string of the molecule is Cc1ccc(Oc2cccc3[nH]c(OC(=O)NC4CCN(C[C@@H]5CCCN6CCCC[C@H]56)CC4)cc23)cc1. The summed E-state index contributed by atoms with van der Waals surface area (Å²) in [5, 5.41) is 3.97. The number of fused-ring (bicyclic) bond motifs is 2. The van der Waals surface area contributed by atoms with Crippen molar-refractivity contribution in [2.75, 3.05) is 32.7 Å². The van der Waals surface area contributed by atoms with Gasteiger partial charge < -0.3 is 29.6 Å². The topological polar surface area (TPSA) is 69.8 Å². The van der Waals surface area contributed by atoms with Gasteiger partial charge in [-0.25, -0.2) is 4.79 Å². The zero-order chi connectivity index (χ0) is 25.9. The molecule has 2 N–H and O–H groups in total. The molecule has 0 radical (unpaired) electrons. The van der Waals surface area contributed by atoms with E-state index in [0.29, 0.717) is 5.88 Å². The van der Waals surface area contributed by atoms with Crippen LogP contribution in [0.3, 0.4) is 0 Å². The molecule has 0 aliphatic carbocycles. The number of carbonyl (C=O) groups excluding carboxylic acids is 1. The summed E-state index contributed by atoms with van der Waals surface area (Å²) < 4.78 is 11.7. The molecule has 0 saturated carbocycles. The largest absolute Gasteiger partial charge is 0.457 e. The lowest BCUT2D eigenvalue weighted by molar-refractivity contribution is 0.0353.